The zero-order valence-electron chi connectivity index (χ0n) is 15.1. The number of nitrogens with one attached hydrogen (secondary N) is 1. The zero-order valence-corrected chi connectivity index (χ0v) is 15.1. The third-order valence-corrected chi connectivity index (χ3v) is 4.53. The molecule has 0 fully saturated rings. The minimum absolute atomic E-state index is 0.0813. The van der Waals surface area contributed by atoms with Gasteiger partial charge in [0.05, 0.1) is 5.56 Å². The Kier molecular flexibility index (Phi) is 4.61. The molecule has 4 nitrogen and oxygen atoms in total. The summed E-state index contributed by atoms with van der Waals surface area (Å²) in [6, 6.07) is 17.1. The van der Waals surface area contributed by atoms with Crippen molar-refractivity contribution in [2.45, 2.75) is 6.54 Å². The van der Waals surface area contributed by atoms with Crippen molar-refractivity contribution < 1.29 is 13.6 Å². The summed E-state index contributed by atoms with van der Waals surface area (Å²) in [5, 5.41) is 9.24. The molecule has 28 heavy (non-hydrogen) atoms. The van der Waals surface area contributed by atoms with E-state index in [1.807, 2.05) is 42.5 Å². The van der Waals surface area contributed by atoms with E-state index in [0.29, 0.717) is 6.54 Å². The molecule has 0 unspecified atom stereocenters. The van der Waals surface area contributed by atoms with Crippen molar-refractivity contribution >= 4 is 16.7 Å². The number of nitrogens with zero attached hydrogens (tertiary/aromatic N) is 2. The molecule has 0 radical (unpaired) electrons. The van der Waals surface area contributed by atoms with Crippen LogP contribution in [-0.2, 0) is 13.6 Å². The Morgan fingerprint density at radius 1 is 1.04 bits per heavy atom. The van der Waals surface area contributed by atoms with Crippen molar-refractivity contribution in [1.29, 1.82) is 0 Å². The first-order chi connectivity index (χ1) is 13.5. The first-order valence-electron chi connectivity index (χ1n) is 8.76. The second-order valence-corrected chi connectivity index (χ2v) is 6.55. The molecule has 1 N–H and O–H groups in total. The van der Waals surface area contributed by atoms with E-state index in [4.69, 9.17) is 0 Å². The summed E-state index contributed by atoms with van der Waals surface area (Å²) in [6.45, 7) is 0.323. The molecule has 0 atom stereocenters. The number of aryl methyl sites for hydroxylation is 1. The summed E-state index contributed by atoms with van der Waals surface area (Å²) in [7, 11) is 1.64. The molecule has 0 aliphatic heterocycles. The Morgan fingerprint density at radius 3 is 2.61 bits per heavy atom. The van der Waals surface area contributed by atoms with Gasteiger partial charge in [-0.2, -0.15) is 5.10 Å². The fourth-order valence-electron chi connectivity index (χ4n) is 3.16. The predicted molar refractivity (Wildman–Crippen MR) is 104 cm³/mol. The Hall–Kier alpha value is -3.54. The summed E-state index contributed by atoms with van der Waals surface area (Å²) in [4.78, 5) is 12.7. The number of halogens is 2. The van der Waals surface area contributed by atoms with E-state index in [0.717, 1.165) is 28.5 Å². The highest BCUT2D eigenvalue weighted by Crippen LogP contribution is 2.25. The quantitative estimate of drug-likeness (QED) is 0.571. The Labute approximate surface area is 160 Å². The van der Waals surface area contributed by atoms with E-state index >= 15 is 0 Å². The zero-order chi connectivity index (χ0) is 19.7. The molecule has 1 aromatic heterocycles. The minimum Gasteiger partial charge on any atom is -0.348 e. The molecule has 0 spiro atoms. The molecule has 0 aliphatic carbocycles. The fraction of sp³-hybridized carbons (Fsp3) is 0.0909. The molecule has 1 amide bonds. The standard InChI is InChI=1S/C22H17F2N3O/c1-27-13-19(21(26-27)18-9-8-17(23)11-20(18)24)22(28)25-12-14-6-7-15-4-2-3-5-16(15)10-14/h2-11,13H,12H2,1H3,(H,25,28). The molecular formula is C22H17F2N3O. The van der Waals surface area contributed by atoms with Crippen molar-refractivity contribution in [3.05, 3.63) is 89.6 Å². The number of aromatic nitrogens is 2. The molecule has 6 heteroatoms. The summed E-state index contributed by atoms with van der Waals surface area (Å²) in [6.07, 6.45) is 1.52. The first-order valence-corrected chi connectivity index (χ1v) is 8.76. The topological polar surface area (TPSA) is 46.9 Å². The average molecular weight is 377 g/mol. The van der Waals surface area contributed by atoms with Crippen LogP contribution in [0, 0.1) is 11.6 Å². The van der Waals surface area contributed by atoms with Gasteiger partial charge in [-0.3, -0.25) is 9.48 Å². The number of carbonyl (C=O) groups excluding carboxylic acids is 1. The summed E-state index contributed by atoms with van der Waals surface area (Å²) >= 11 is 0. The Morgan fingerprint density at radius 2 is 1.82 bits per heavy atom. The molecule has 4 rings (SSSR count). The molecule has 0 saturated carbocycles. The highest BCUT2D eigenvalue weighted by Gasteiger charge is 2.20. The highest BCUT2D eigenvalue weighted by atomic mass is 19.1. The van der Waals surface area contributed by atoms with Gasteiger partial charge in [0, 0.05) is 31.4 Å². The van der Waals surface area contributed by atoms with Crippen LogP contribution in [0.5, 0.6) is 0 Å². The summed E-state index contributed by atoms with van der Waals surface area (Å²) < 4.78 is 28.8. The van der Waals surface area contributed by atoms with E-state index in [2.05, 4.69) is 10.4 Å². The largest absolute Gasteiger partial charge is 0.348 e. The number of carbonyl (C=O) groups is 1. The number of hydrogen-bond acceptors (Lipinski definition) is 2. The van der Waals surface area contributed by atoms with Crippen molar-refractivity contribution in [3.63, 3.8) is 0 Å². The van der Waals surface area contributed by atoms with Crippen LogP contribution < -0.4 is 5.32 Å². The van der Waals surface area contributed by atoms with E-state index in [9.17, 15) is 13.6 Å². The van der Waals surface area contributed by atoms with Crippen LogP contribution >= 0.6 is 0 Å². The monoisotopic (exact) mass is 377 g/mol. The summed E-state index contributed by atoms with van der Waals surface area (Å²) in [5.41, 5.74) is 1.44. The van der Waals surface area contributed by atoms with Crippen LogP contribution in [0.25, 0.3) is 22.0 Å². The normalized spacial score (nSPS) is 11.0. The van der Waals surface area contributed by atoms with Crippen LogP contribution in [0.3, 0.4) is 0 Å². The molecule has 0 bridgehead atoms. The first kappa shape index (κ1) is 17.9. The second kappa shape index (κ2) is 7.23. The van der Waals surface area contributed by atoms with Crippen molar-refractivity contribution in [2.24, 2.45) is 7.05 Å². The van der Waals surface area contributed by atoms with Gasteiger partial charge in [0.15, 0.2) is 0 Å². The van der Waals surface area contributed by atoms with Gasteiger partial charge in [-0.15, -0.1) is 0 Å². The number of amides is 1. The molecular weight excluding hydrogens is 360 g/mol. The van der Waals surface area contributed by atoms with E-state index < -0.39 is 11.6 Å². The molecule has 140 valence electrons. The average Bonchev–Trinajstić information content (AvgIpc) is 3.07. The molecule has 1 heterocycles. The second-order valence-electron chi connectivity index (χ2n) is 6.55. The van der Waals surface area contributed by atoms with Crippen molar-refractivity contribution in [2.75, 3.05) is 0 Å². The predicted octanol–water partition coefficient (Wildman–Crippen LogP) is 4.45. The Bertz CT molecular complexity index is 1180. The van der Waals surface area contributed by atoms with Crippen LogP contribution in [0.4, 0.5) is 8.78 Å². The molecule has 0 saturated heterocycles. The van der Waals surface area contributed by atoms with E-state index in [1.54, 1.807) is 7.05 Å². The van der Waals surface area contributed by atoms with Crippen LogP contribution in [0.15, 0.2) is 66.9 Å². The lowest BCUT2D eigenvalue weighted by molar-refractivity contribution is 0.0951. The van der Waals surface area contributed by atoms with Crippen LogP contribution in [0.2, 0.25) is 0 Å². The van der Waals surface area contributed by atoms with Crippen molar-refractivity contribution in [3.8, 4) is 11.3 Å². The lowest BCUT2D eigenvalue weighted by Crippen LogP contribution is -2.23. The van der Waals surface area contributed by atoms with Gasteiger partial charge in [-0.1, -0.05) is 36.4 Å². The number of hydrogen-bond donors (Lipinski definition) is 1. The van der Waals surface area contributed by atoms with Gasteiger partial charge < -0.3 is 5.32 Å². The summed E-state index contributed by atoms with van der Waals surface area (Å²) in [5.74, 6) is -1.82. The third kappa shape index (κ3) is 3.49. The Balaban J connectivity index is 1.58. The highest BCUT2D eigenvalue weighted by molar-refractivity contribution is 5.99. The maximum Gasteiger partial charge on any atom is 0.255 e. The molecule has 3 aromatic carbocycles. The van der Waals surface area contributed by atoms with Crippen LogP contribution in [-0.4, -0.2) is 15.7 Å². The molecule has 4 aromatic rings. The van der Waals surface area contributed by atoms with Crippen LogP contribution in [0.1, 0.15) is 15.9 Å². The van der Waals surface area contributed by atoms with E-state index in [-0.39, 0.29) is 22.7 Å². The fourth-order valence-corrected chi connectivity index (χ4v) is 3.16. The maximum atomic E-state index is 14.2. The lowest BCUT2D eigenvalue weighted by Gasteiger charge is -2.07. The SMILES string of the molecule is Cn1cc(C(=O)NCc2ccc3ccccc3c2)c(-c2ccc(F)cc2F)n1. The van der Waals surface area contributed by atoms with E-state index in [1.165, 1.54) is 16.9 Å². The van der Waals surface area contributed by atoms with Gasteiger partial charge in [0.25, 0.3) is 5.91 Å². The molecule has 0 aliphatic rings. The van der Waals surface area contributed by atoms with Crippen molar-refractivity contribution in [1.82, 2.24) is 15.1 Å². The maximum absolute atomic E-state index is 14.2. The number of fused-ring (bicyclic) bond motifs is 1. The van der Waals surface area contributed by atoms with Gasteiger partial charge in [0.2, 0.25) is 0 Å². The smallest absolute Gasteiger partial charge is 0.255 e. The number of rotatable bonds is 4. The van der Waals surface area contributed by atoms with Gasteiger partial charge in [0.1, 0.15) is 17.3 Å². The lowest BCUT2D eigenvalue weighted by atomic mass is 10.1. The minimum atomic E-state index is -0.762. The van der Waals surface area contributed by atoms with Gasteiger partial charge in [-0.25, -0.2) is 8.78 Å². The third-order valence-electron chi connectivity index (χ3n) is 4.53. The van der Waals surface area contributed by atoms with Gasteiger partial charge >= 0.3 is 0 Å². The number of benzene rings is 3. The van der Waals surface area contributed by atoms with Gasteiger partial charge in [-0.05, 0) is 34.5 Å².